The van der Waals surface area contributed by atoms with E-state index >= 15 is 0 Å². The van der Waals surface area contributed by atoms with Crippen molar-refractivity contribution in [2.75, 3.05) is 18.4 Å². The molecule has 1 N–H and O–H groups in total. The first kappa shape index (κ1) is 12.6. The largest absolute Gasteiger partial charge is 0.379 e. The van der Waals surface area contributed by atoms with Crippen molar-refractivity contribution in [3.8, 4) is 0 Å². The van der Waals surface area contributed by atoms with E-state index in [0.717, 1.165) is 18.7 Å². The van der Waals surface area contributed by atoms with Crippen molar-refractivity contribution in [3.63, 3.8) is 0 Å². The number of pyridine rings is 2. The molecule has 3 heterocycles. The number of aromatic nitrogens is 2. The first-order valence-electron chi connectivity index (χ1n) is 6.69. The van der Waals surface area contributed by atoms with E-state index in [1.54, 1.807) is 36.9 Å². The second-order valence-electron chi connectivity index (χ2n) is 4.86. The molecule has 1 saturated heterocycles. The van der Waals surface area contributed by atoms with Crippen molar-refractivity contribution < 1.29 is 4.79 Å². The number of hydrogen-bond donors (Lipinski definition) is 1. The van der Waals surface area contributed by atoms with Gasteiger partial charge in [0.05, 0.1) is 11.3 Å². The van der Waals surface area contributed by atoms with E-state index in [2.05, 4.69) is 15.3 Å². The Balaban J connectivity index is 1.61. The molecular formula is C15H16N4O. The van der Waals surface area contributed by atoms with E-state index in [9.17, 15) is 4.79 Å². The van der Waals surface area contributed by atoms with Crippen molar-refractivity contribution in [1.82, 2.24) is 14.9 Å². The number of rotatable bonds is 3. The van der Waals surface area contributed by atoms with Gasteiger partial charge in [-0.25, -0.2) is 0 Å². The molecule has 1 atom stereocenters. The molecule has 0 aliphatic carbocycles. The predicted molar refractivity (Wildman–Crippen MR) is 76.4 cm³/mol. The summed E-state index contributed by atoms with van der Waals surface area (Å²) in [6.07, 6.45) is 7.78. The van der Waals surface area contributed by atoms with Crippen molar-refractivity contribution in [2.45, 2.75) is 12.5 Å². The third-order valence-electron chi connectivity index (χ3n) is 3.42. The van der Waals surface area contributed by atoms with Crippen LogP contribution in [0.25, 0.3) is 0 Å². The zero-order chi connectivity index (χ0) is 13.8. The Hall–Kier alpha value is -2.43. The zero-order valence-electron chi connectivity index (χ0n) is 11.1. The van der Waals surface area contributed by atoms with Gasteiger partial charge >= 0.3 is 0 Å². The van der Waals surface area contributed by atoms with Gasteiger partial charge < -0.3 is 10.2 Å². The molecule has 1 aliphatic rings. The molecule has 1 aliphatic heterocycles. The van der Waals surface area contributed by atoms with Gasteiger partial charge in [0.2, 0.25) is 0 Å². The van der Waals surface area contributed by atoms with E-state index in [0.29, 0.717) is 12.1 Å². The Morgan fingerprint density at radius 3 is 2.70 bits per heavy atom. The first-order chi connectivity index (χ1) is 9.83. The fourth-order valence-corrected chi connectivity index (χ4v) is 2.42. The van der Waals surface area contributed by atoms with Crippen molar-refractivity contribution >= 4 is 11.6 Å². The molecular weight excluding hydrogens is 252 g/mol. The third kappa shape index (κ3) is 2.77. The monoisotopic (exact) mass is 268 g/mol. The topological polar surface area (TPSA) is 58.1 Å². The van der Waals surface area contributed by atoms with Gasteiger partial charge in [-0.1, -0.05) is 0 Å². The molecule has 2 aromatic rings. The minimum Gasteiger partial charge on any atom is -0.379 e. The van der Waals surface area contributed by atoms with Gasteiger partial charge in [0, 0.05) is 43.9 Å². The summed E-state index contributed by atoms with van der Waals surface area (Å²) in [4.78, 5) is 22.2. The molecule has 3 rings (SSSR count). The van der Waals surface area contributed by atoms with Crippen LogP contribution >= 0.6 is 0 Å². The highest BCUT2D eigenvalue weighted by Gasteiger charge is 2.26. The quantitative estimate of drug-likeness (QED) is 0.922. The molecule has 5 heteroatoms. The lowest BCUT2D eigenvalue weighted by Crippen LogP contribution is -2.31. The van der Waals surface area contributed by atoms with Crippen LogP contribution in [0.5, 0.6) is 0 Å². The lowest BCUT2D eigenvalue weighted by atomic mass is 10.2. The molecule has 0 unspecified atom stereocenters. The number of nitrogens with one attached hydrogen (secondary N) is 1. The molecule has 0 saturated carbocycles. The highest BCUT2D eigenvalue weighted by Crippen LogP contribution is 2.17. The van der Waals surface area contributed by atoms with E-state index < -0.39 is 0 Å². The van der Waals surface area contributed by atoms with Crippen molar-refractivity contribution in [2.24, 2.45) is 0 Å². The average Bonchev–Trinajstić information content (AvgIpc) is 2.97. The molecule has 0 aromatic carbocycles. The smallest absolute Gasteiger partial charge is 0.255 e. The average molecular weight is 268 g/mol. The van der Waals surface area contributed by atoms with E-state index in [1.165, 1.54) is 0 Å². The van der Waals surface area contributed by atoms with Crippen LogP contribution in [-0.2, 0) is 0 Å². The van der Waals surface area contributed by atoms with Gasteiger partial charge in [0.25, 0.3) is 5.91 Å². The minimum atomic E-state index is 0.0496. The normalized spacial score (nSPS) is 18.0. The fourth-order valence-electron chi connectivity index (χ4n) is 2.42. The number of nitrogens with zero attached hydrogens (tertiary/aromatic N) is 3. The minimum absolute atomic E-state index is 0.0496. The van der Waals surface area contributed by atoms with Crippen LogP contribution in [0.15, 0.2) is 49.1 Å². The van der Waals surface area contributed by atoms with Gasteiger partial charge in [-0.05, 0) is 30.7 Å². The summed E-state index contributed by atoms with van der Waals surface area (Å²) in [5, 5.41) is 3.41. The molecule has 5 nitrogen and oxygen atoms in total. The lowest BCUT2D eigenvalue weighted by Gasteiger charge is -2.17. The van der Waals surface area contributed by atoms with Crippen LogP contribution in [0.3, 0.4) is 0 Å². The Kier molecular flexibility index (Phi) is 3.58. The number of carbonyl (C=O) groups excluding carboxylic acids is 1. The van der Waals surface area contributed by atoms with Gasteiger partial charge in [0.15, 0.2) is 0 Å². The molecule has 0 spiro atoms. The Morgan fingerprint density at radius 2 is 2.00 bits per heavy atom. The van der Waals surface area contributed by atoms with Crippen LogP contribution in [0.1, 0.15) is 16.8 Å². The Morgan fingerprint density at radius 1 is 1.20 bits per heavy atom. The van der Waals surface area contributed by atoms with Crippen LogP contribution in [0.2, 0.25) is 0 Å². The molecule has 0 bridgehead atoms. The molecule has 0 radical (unpaired) electrons. The summed E-state index contributed by atoms with van der Waals surface area (Å²) in [5.74, 6) is 0.0496. The van der Waals surface area contributed by atoms with Crippen LogP contribution in [-0.4, -0.2) is 39.9 Å². The number of carbonyl (C=O) groups is 1. The van der Waals surface area contributed by atoms with Gasteiger partial charge in [-0.15, -0.1) is 0 Å². The summed E-state index contributed by atoms with van der Waals surface area (Å²) in [6.45, 7) is 1.48. The van der Waals surface area contributed by atoms with Crippen molar-refractivity contribution in [3.05, 3.63) is 54.6 Å². The molecule has 20 heavy (non-hydrogen) atoms. The SMILES string of the molecule is O=C(c1cccnc1)N1CC[C@H](Nc2cccnc2)C1. The molecule has 2 aromatic heterocycles. The maximum atomic E-state index is 12.3. The van der Waals surface area contributed by atoms with Crippen LogP contribution in [0, 0.1) is 0 Å². The second kappa shape index (κ2) is 5.69. The van der Waals surface area contributed by atoms with E-state index in [1.807, 2.05) is 17.0 Å². The lowest BCUT2D eigenvalue weighted by molar-refractivity contribution is 0.0791. The Bertz CT molecular complexity index is 573. The number of amides is 1. The highest BCUT2D eigenvalue weighted by atomic mass is 16.2. The standard InChI is InChI=1S/C15H16N4O/c20-15(12-3-1-6-16-9-12)19-8-5-14(11-19)18-13-4-2-7-17-10-13/h1-4,6-7,9-10,14,18H,5,8,11H2/t14-/m0/s1. The maximum absolute atomic E-state index is 12.3. The van der Waals surface area contributed by atoms with E-state index in [-0.39, 0.29) is 11.9 Å². The molecule has 1 fully saturated rings. The van der Waals surface area contributed by atoms with Crippen molar-refractivity contribution in [1.29, 1.82) is 0 Å². The summed E-state index contributed by atoms with van der Waals surface area (Å²) >= 11 is 0. The summed E-state index contributed by atoms with van der Waals surface area (Å²) in [6, 6.07) is 7.75. The van der Waals surface area contributed by atoms with E-state index in [4.69, 9.17) is 0 Å². The number of likely N-dealkylation sites (tertiary alicyclic amines) is 1. The molecule has 102 valence electrons. The summed E-state index contributed by atoms with van der Waals surface area (Å²) < 4.78 is 0. The Labute approximate surface area is 117 Å². The van der Waals surface area contributed by atoms with Crippen LogP contribution in [0.4, 0.5) is 5.69 Å². The second-order valence-corrected chi connectivity index (χ2v) is 4.86. The summed E-state index contributed by atoms with van der Waals surface area (Å²) in [5.41, 5.74) is 1.64. The highest BCUT2D eigenvalue weighted by molar-refractivity contribution is 5.94. The number of hydrogen-bond acceptors (Lipinski definition) is 4. The number of anilines is 1. The zero-order valence-corrected chi connectivity index (χ0v) is 11.1. The molecule has 1 amide bonds. The maximum Gasteiger partial charge on any atom is 0.255 e. The van der Waals surface area contributed by atoms with Gasteiger partial charge in [-0.2, -0.15) is 0 Å². The first-order valence-corrected chi connectivity index (χ1v) is 6.69. The summed E-state index contributed by atoms with van der Waals surface area (Å²) in [7, 11) is 0. The fraction of sp³-hybridized carbons (Fsp3) is 0.267. The third-order valence-corrected chi connectivity index (χ3v) is 3.42. The van der Waals surface area contributed by atoms with Gasteiger partial charge in [-0.3, -0.25) is 14.8 Å². The van der Waals surface area contributed by atoms with Crippen LogP contribution < -0.4 is 5.32 Å². The predicted octanol–water partition coefficient (Wildman–Crippen LogP) is 1.80. The van der Waals surface area contributed by atoms with Gasteiger partial charge in [0.1, 0.15) is 0 Å².